The van der Waals surface area contributed by atoms with Crippen LogP contribution in [-0.2, 0) is 10.9 Å². The number of benzene rings is 1. The number of amides is 1. The SMILES string of the molecule is Cc1cc(=O)c(C(=O)N2CCOC3CCCCC32)nn1-c1ccccc1C(F)(F)F. The van der Waals surface area contributed by atoms with Gasteiger partial charge in [0, 0.05) is 18.3 Å². The van der Waals surface area contributed by atoms with Crippen LogP contribution in [0.2, 0.25) is 0 Å². The number of nitrogens with zero attached hydrogens (tertiary/aromatic N) is 3. The fraction of sp³-hybridized carbons (Fsp3) is 0.476. The van der Waals surface area contributed by atoms with E-state index in [2.05, 4.69) is 5.10 Å². The molecule has 2 aliphatic rings. The van der Waals surface area contributed by atoms with Gasteiger partial charge in [-0.25, -0.2) is 4.68 Å². The molecular formula is C21H22F3N3O3. The lowest BCUT2D eigenvalue weighted by atomic mass is 9.90. The molecule has 1 aliphatic carbocycles. The Morgan fingerprint density at radius 1 is 1.20 bits per heavy atom. The van der Waals surface area contributed by atoms with Crippen LogP contribution in [0, 0.1) is 6.92 Å². The molecular weight excluding hydrogens is 399 g/mol. The lowest BCUT2D eigenvalue weighted by Gasteiger charge is -2.43. The molecule has 2 fully saturated rings. The third-order valence-electron chi connectivity index (χ3n) is 5.74. The van der Waals surface area contributed by atoms with Crippen molar-refractivity contribution in [2.24, 2.45) is 0 Å². The number of alkyl halides is 3. The molecule has 30 heavy (non-hydrogen) atoms. The van der Waals surface area contributed by atoms with Gasteiger partial charge < -0.3 is 9.64 Å². The summed E-state index contributed by atoms with van der Waals surface area (Å²) in [6, 6.07) is 5.98. The van der Waals surface area contributed by atoms with Crippen molar-refractivity contribution in [2.75, 3.05) is 13.2 Å². The van der Waals surface area contributed by atoms with Gasteiger partial charge in [-0.15, -0.1) is 0 Å². The van der Waals surface area contributed by atoms with Gasteiger partial charge in [-0.2, -0.15) is 18.3 Å². The zero-order chi connectivity index (χ0) is 21.5. The number of aromatic nitrogens is 2. The summed E-state index contributed by atoms with van der Waals surface area (Å²) < 4.78 is 47.3. The fourth-order valence-electron chi connectivity index (χ4n) is 4.32. The number of rotatable bonds is 2. The van der Waals surface area contributed by atoms with Crippen LogP contribution < -0.4 is 5.43 Å². The van der Waals surface area contributed by atoms with E-state index in [0.717, 1.165) is 42.5 Å². The Kier molecular flexibility index (Phi) is 5.40. The first kappa shape index (κ1) is 20.6. The lowest BCUT2D eigenvalue weighted by Crippen LogP contribution is -2.55. The Bertz CT molecular complexity index is 1020. The van der Waals surface area contributed by atoms with Gasteiger partial charge >= 0.3 is 6.18 Å². The van der Waals surface area contributed by atoms with Gasteiger partial charge in [0.1, 0.15) is 0 Å². The predicted octanol–water partition coefficient (Wildman–Crippen LogP) is 3.34. The number of halogens is 3. The number of carbonyl (C=O) groups excluding carboxylic acids is 1. The van der Waals surface area contributed by atoms with E-state index < -0.39 is 23.1 Å². The molecule has 0 spiro atoms. The van der Waals surface area contributed by atoms with Crippen LogP contribution in [0.25, 0.3) is 5.69 Å². The second-order valence-electron chi connectivity index (χ2n) is 7.68. The second kappa shape index (κ2) is 7.86. The van der Waals surface area contributed by atoms with E-state index in [1.54, 1.807) is 4.90 Å². The molecule has 6 nitrogen and oxygen atoms in total. The van der Waals surface area contributed by atoms with Gasteiger partial charge in [0.05, 0.1) is 30.0 Å². The molecule has 1 saturated carbocycles. The molecule has 2 atom stereocenters. The molecule has 0 bridgehead atoms. The summed E-state index contributed by atoms with van der Waals surface area (Å²) in [4.78, 5) is 27.4. The third-order valence-corrected chi connectivity index (χ3v) is 5.74. The minimum absolute atomic E-state index is 0.0740. The quantitative estimate of drug-likeness (QED) is 0.746. The summed E-state index contributed by atoms with van der Waals surface area (Å²) in [5.74, 6) is -0.557. The molecule has 2 unspecified atom stereocenters. The highest BCUT2D eigenvalue weighted by atomic mass is 19.4. The first-order chi connectivity index (χ1) is 14.3. The van der Waals surface area contributed by atoms with Crippen molar-refractivity contribution in [2.45, 2.75) is 50.9 Å². The number of morpholine rings is 1. The van der Waals surface area contributed by atoms with Crippen LogP contribution in [0.1, 0.15) is 47.4 Å². The molecule has 160 valence electrons. The second-order valence-corrected chi connectivity index (χ2v) is 7.68. The topological polar surface area (TPSA) is 64.4 Å². The third kappa shape index (κ3) is 3.74. The van der Waals surface area contributed by atoms with Gasteiger partial charge in [-0.05, 0) is 31.9 Å². The summed E-state index contributed by atoms with van der Waals surface area (Å²) in [7, 11) is 0. The Morgan fingerprint density at radius 2 is 1.93 bits per heavy atom. The maximum absolute atomic E-state index is 13.5. The Balaban J connectivity index is 1.76. The highest BCUT2D eigenvalue weighted by Crippen LogP contribution is 2.34. The molecule has 1 amide bonds. The van der Waals surface area contributed by atoms with Gasteiger partial charge in [0.15, 0.2) is 5.69 Å². The van der Waals surface area contributed by atoms with Crippen LogP contribution in [0.4, 0.5) is 13.2 Å². The molecule has 1 aliphatic heterocycles. The number of carbonyl (C=O) groups is 1. The average molecular weight is 421 g/mol. The van der Waals surface area contributed by atoms with Crippen LogP contribution in [0.3, 0.4) is 0 Å². The highest BCUT2D eigenvalue weighted by molar-refractivity contribution is 5.92. The predicted molar refractivity (Wildman–Crippen MR) is 103 cm³/mol. The van der Waals surface area contributed by atoms with Crippen LogP contribution in [0.15, 0.2) is 35.1 Å². The maximum Gasteiger partial charge on any atom is 0.418 e. The summed E-state index contributed by atoms with van der Waals surface area (Å²) in [5, 5.41) is 4.10. The normalized spacial score (nSPS) is 21.9. The minimum Gasteiger partial charge on any atom is -0.374 e. The number of ether oxygens (including phenoxy) is 1. The molecule has 2 heterocycles. The van der Waals surface area contributed by atoms with Crippen LogP contribution in [0.5, 0.6) is 0 Å². The summed E-state index contributed by atoms with van der Waals surface area (Å²) in [6.07, 6.45) is -1.08. The zero-order valence-electron chi connectivity index (χ0n) is 16.5. The van der Waals surface area contributed by atoms with Gasteiger partial charge in [0.25, 0.3) is 5.91 Å². The van der Waals surface area contributed by atoms with Gasteiger partial charge in [0.2, 0.25) is 5.43 Å². The molecule has 0 N–H and O–H groups in total. The fourth-order valence-corrected chi connectivity index (χ4v) is 4.32. The monoisotopic (exact) mass is 421 g/mol. The number of para-hydroxylation sites is 1. The van der Waals surface area contributed by atoms with Crippen LogP contribution in [-0.4, -0.2) is 45.9 Å². The van der Waals surface area contributed by atoms with Crippen molar-refractivity contribution in [3.05, 3.63) is 57.5 Å². The average Bonchev–Trinajstić information content (AvgIpc) is 2.72. The minimum atomic E-state index is -4.60. The first-order valence-corrected chi connectivity index (χ1v) is 9.97. The number of aryl methyl sites for hydroxylation is 1. The summed E-state index contributed by atoms with van der Waals surface area (Å²) in [5.41, 5.74) is -1.87. The van der Waals surface area contributed by atoms with E-state index in [0.29, 0.717) is 13.2 Å². The molecule has 1 saturated heterocycles. The number of hydrogen-bond acceptors (Lipinski definition) is 4. The maximum atomic E-state index is 13.5. The molecule has 9 heteroatoms. The van der Waals surface area contributed by atoms with Crippen molar-refractivity contribution in [1.29, 1.82) is 0 Å². The largest absolute Gasteiger partial charge is 0.418 e. The van der Waals surface area contributed by atoms with E-state index >= 15 is 0 Å². The Labute approximate surface area is 171 Å². The number of fused-ring (bicyclic) bond motifs is 1. The van der Waals surface area contributed by atoms with E-state index in [9.17, 15) is 22.8 Å². The van der Waals surface area contributed by atoms with Crippen molar-refractivity contribution in [3.63, 3.8) is 0 Å². The van der Waals surface area contributed by atoms with Gasteiger partial charge in [-0.3, -0.25) is 9.59 Å². The van der Waals surface area contributed by atoms with Crippen molar-refractivity contribution >= 4 is 5.91 Å². The van der Waals surface area contributed by atoms with E-state index in [1.807, 2.05) is 0 Å². The highest BCUT2D eigenvalue weighted by Gasteiger charge is 2.39. The number of hydrogen-bond donors (Lipinski definition) is 0. The molecule has 1 aromatic carbocycles. The van der Waals surface area contributed by atoms with Crippen LogP contribution >= 0.6 is 0 Å². The van der Waals surface area contributed by atoms with Crippen molar-refractivity contribution in [3.8, 4) is 5.69 Å². The Morgan fingerprint density at radius 3 is 2.70 bits per heavy atom. The van der Waals surface area contributed by atoms with E-state index in [-0.39, 0.29) is 29.2 Å². The standard InChI is InChI=1S/C21H22F3N3O3/c1-13-12-17(28)19(20(29)26-10-11-30-18-9-5-4-8-16(18)26)25-27(13)15-7-3-2-6-14(15)21(22,23)24/h2-3,6-7,12,16,18H,4-5,8-11H2,1H3. The van der Waals surface area contributed by atoms with E-state index in [1.165, 1.54) is 25.1 Å². The van der Waals surface area contributed by atoms with E-state index in [4.69, 9.17) is 4.74 Å². The Hall–Kier alpha value is -2.68. The van der Waals surface area contributed by atoms with Crippen molar-refractivity contribution in [1.82, 2.24) is 14.7 Å². The molecule has 0 radical (unpaired) electrons. The lowest BCUT2D eigenvalue weighted by molar-refractivity contribution is -0.137. The molecule has 4 rings (SSSR count). The molecule has 1 aromatic heterocycles. The first-order valence-electron chi connectivity index (χ1n) is 9.97. The molecule has 2 aromatic rings. The van der Waals surface area contributed by atoms with Gasteiger partial charge in [-0.1, -0.05) is 25.0 Å². The van der Waals surface area contributed by atoms with Crippen molar-refractivity contribution < 1.29 is 22.7 Å². The summed E-state index contributed by atoms with van der Waals surface area (Å²) >= 11 is 0. The zero-order valence-corrected chi connectivity index (χ0v) is 16.5. The summed E-state index contributed by atoms with van der Waals surface area (Å²) in [6.45, 7) is 2.18. The smallest absolute Gasteiger partial charge is 0.374 e.